The standard InChI is InChI=1S/C7H8N2.C2H6/c1-3-5-9-7(4-2)6-8;1-2/h3-5H,2H2,1H3;1-2H3/b5-3-,9-7?;. The molecule has 0 saturated heterocycles. The number of allylic oxidation sites excluding steroid dienone is 2. The molecule has 0 rings (SSSR count). The van der Waals surface area contributed by atoms with E-state index in [4.69, 9.17) is 5.26 Å². The van der Waals surface area contributed by atoms with Crippen LogP contribution in [0.25, 0.3) is 0 Å². The fourth-order valence-electron chi connectivity index (χ4n) is 0.282. The molecule has 0 atom stereocenters. The maximum Gasteiger partial charge on any atom is 0.139 e. The first-order valence-corrected chi connectivity index (χ1v) is 3.56. The Kier molecular flexibility index (Phi) is 12.8. The van der Waals surface area contributed by atoms with Gasteiger partial charge in [-0.05, 0) is 13.0 Å². The van der Waals surface area contributed by atoms with Gasteiger partial charge in [-0.2, -0.15) is 5.26 Å². The molecule has 0 saturated carbocycles. The highest BCUT2D eigenvalue weighted by Crippen LogP contribution is 1.79. The highest BCUT2D eigenvalue weighted by atomic mass is 14.7. The second kappa shape index (κ2) is 11.4. The minimum Gasteiger partial charge on any atom is -0.246 e. The number of hydrogen-bond donors (Lipinski definition) is 0. The molecule has 0 aliphatic heterocycles. The zero-order valence-corrected chi connectivity index (χ0v) is 7.33. The summed E-state index contributed by atoms with van der Waals surface area (Å²) >= 11 is 0. The van der Waals surface area contributed by atoms with Crippen molar-refractivity contribution in [2.45, 2.75) is 20.8 Å². The summed E-state index contributed by atoms with van der Waals surface area (Å²) in [5.74, 6) is 0. The van der Waals surface area contributed by atoms with E-state index in [2.05, 4.69) is 11.6 Å². The fourth-order valence-corrected chi connectivity index (χ4v) is 0.282. The van der Waals surface area contributed by atoms with Crippen LogP contribution < -0.4 is 0 Å². The summed E-state index contributed by atoms with van der Waals surface area (Å²) in [6, 6.07) is 1.87. The van der Waals surface area contributed by atoms with Gasteiger partial charge in [0.2, 0.25) is 0 Å². The molecule has 0 amide bonds. The summed E-state index contributed by atoms with van der Waals surface area (Å²) in [6.07, 6.45) is 4.72. The van der Waals surface area contributed by atoms with Crippen LogP contribution in [0, 0.1) is 11.3 Å². The molecule has 0 aromatic heterocycles. The van der Waals surface area contributed by atoms with Crippen molar-refractivity contribution in [2.24, 2.45) is 4.99 Å². The van der Waals surface area contributed by atoms with Crippen molar-refractivity contribution < 1.29 is 0 Å². The van der Waals surface area contributed by atoms with E-state index < -0.39 is 0 Å². The molecule has 0 radical (unpaired) electrons. The van der Waals surface area contributed by atoms with E-state index in [0.717, 1.165) is 0 Å². The van der Waals surface area contributed by atoms with Gasteiger partial charge in [0.1, 0.15) is 11.8 Å². The molecular weight excluding hydrogens is 136 g/mol. The van der Waals surface area contributed by atoms with Crippen molar-refractivity contribution in [3.8, 4) is 6.07 Å². The second-order valence-corrected chi connectivity index (χ2v) is 1.31. The molecule has 0 aromatic carbocycles. The number of nitrogens with zero attached hydrogens (tertiary/aromatic N) is 2. The zero-order valence-electron chi connectivity index (χ0n) is 7.33. The largest absolute Gasteiger partial charge is 0.246 e. The minimum absolute atomic E-state index is 0.341. The molecular formula is C9H14N2. The fraction of sp³-hybridized carbons (Fsp3) is 0.333. The maximum absolute atomic E-state index is 8.27. The molecule has 0 bridgehead atoms. The summed E-state index contributed by atoms with van der Waals surface area (Å²) in [7, 11) is 0. The highest BCUT2D eigenvalue weighted by Gasteiger charge is 1.81. The minimum atomic E-state index is 0.341. The molecule has 0 spiro atoms. The monoisotopic (exact) mass is 150 g/mol. The molecule has 0 N–H and O–H groups in total. The van der Waals surface area contributed by atoms with Crippen LogP contribution in [0.2, 0.25) is 0 Å². The molecule has 0 aliphatic rings. The van der Waals surface area contributed by atoms with Crippen LogP contribution in [0.1, 0.15) is 20.8 Å². The first-order valence-electron chi connectivity index (χ1n) is 3.56. The van der Waals surface area contributed by atoms with Gasteiger partial charge in [0.25, 0.3) is 0 Å². The van der Waals surface area contributed by atoms with Crippen molar-refractivity contribution in [1.82, 2.24) is 0 Å². The summed E-state index contributed by atoms with van der Waals surface area (Å²) in [5, 5.41) is 8.27. The van der Waals surface area contributed by atoms with E-state index in [1.807, 2.05) is 26.8 Å². The Hall–Kier alpha value is -1.36. The molecule has 0 fully saturated rings. The van der Waals surface area contributed by atoms with Crippen LogP contribution >= 0.6 is 0 Å². The Bertz CT molecular complexity index is 182. The van der Waals surface area contributed by atoms with E-state index >= 15 is 0 Å². The summed E-state index contributed by atoms with van der Waals surface area (Å²) < 4.78 is 0. The normalized spacial score (nSPS) is 9.82. The third-order valence-corrected chi connectivity index (χ3v) is 0.671. The molecule has 11 heavy (non-hydrogen) atoms. The predicted octanol–water partition coefficient (Wildman–Crippen LogP) is 2.70. The van der Waals surface area contributed by atoms with Gasteiger partial charge in [-0.1, -0.05) is 26.5 Å². The summed E-state index contributed by atoms with van der Waals surface area (Å²) in [5.41, 5.74) is 0.341. The van der Waals surface area contributed by atoms with Crippen molar-refractivity contribution in [3.05, 3.63) is 24.9 Å². The average molecular weight is 150 g/mol. The van der Waals surface area contributed by atoms with E-state index in [0.29, 0.717) is 5.71 Å². The average Bonchev–Trinajstić information content (AvgIpc) is 2.10. The maximum atomic E-state index is 8.27. The zero-order chi connectivity index (χ0) is 9.11. The van der Waals surface area contributed by atoms with Gasteiger partial charge in [0, 0.05) is 6.20 Å². The second-order valence-electron chi connectivity index (χ2n) is 1.31. The van der Waals surface area contributed by atoms with Gasteiger partial charge in [0.05, 0.1) is 0 Å². The number of nitriles is 1. The Morgan fingerprint density at radius 3 is 2.36 bits per heavy atom. The van der Waals surface area contributed by atoms with Crippen LogP contribution in [-0.2, 0) is 0 Å². The van der Waals surface area contributed by atoms with Crippen LogP contribution in [0.3, 0.4) is 0 Å². The predicted molar refractivity (Wildman–Crippen MR) is 49.4 cm³/mol. The van der Waals surface area contributed by atoms with Crippen molar-refractivity contribution in [1.29, 1.82) is 5.26 Å². The van der Waals surface area contributed by atoms with Gasteiger partial charge in [-0.25, -0.2) is 4.99 Å². The Balaban J connectivity index is 0. The summed E-state index contributed by atoms with van der Waals surface area (Å²) in [4.78, 5) is 3.74. The van der Waals surface area contributed by atoms with Gasteiger partial charge < -0.3 is 0 Å². The first-order chi connectivity index (χ1) is 5.35. The lowest BCUT2D eigenvalue weighted by atomic mass is 10.4. The number of hydrogen-bond acceptors (Lipinski definition) is 2. The molecule has 2 nitrogen and oxygen atoms in total. The van der Waals surface area contributed by atoms with Crippen LogP contribution in [0.5, 0.6) is 0 Å². The topological polar surface area (TPSA) is 36.1 Å². The van der Waals surface area contributed by atoms with Crippen molar-refractivity contribution in [2.75, 3.05) is 0 Å². The third-order valence-electron chi connectivity index (χ3n) is 0.671. The van der Waals surface area contributed by atoms with Gasteiger partial charge in [-0.15, -0.1) is 0 Å². The van der Waals surface area contributed by atoms with E-state index in [1.165, 1.54) is 6.08 Å². The lowest BCUT2D eigenvalue weighted by Gasteiger charge is -1.78. The van der Waals surface area contributed by atoms with Crippen molar-refractivity contribution >= 4 is 5.71 Å². The molecule has 0 heterocycles. The smallest absolute Gasteiger partial charge is 0.139 e. The van der Waals surface area contributed by atoms with E-state index in [9.17, 15) is 0 Å². The molecule has 60 valence electrons. The van der Waals surface area contributed by atoms with Crippen LogP contribution in [0.15, 0.2) is 29.9 Å². The van der Waals surface area contributed by atoms with E-state index in [1.54, 1.807) is 12.3 Å². The molecule has 0 unspecified atom stereocenters. The Labute approximate surface area is 68.6 Å². The Morgan fingerprint density at radius 2 is 2.09 bits per heavy atom. The van der Waals surface area contributed by atoms with Gasteiger partial charge in [0.15, 0.2) is 0 Å². The van der Waals surface area contributed by atoms with Gasteiger partial charge in [-0.3, -0.25) is 0 Å². The van der Waals surface area contributed by atoms with Gasteiger partial charge >= 0.3 is 0 Å². The molecule has 0 aromatic rings. The lowest BCUT2D eigenvalue weighted by Crippen LogP contribution is -1.82. The quantitative estimate of drug-likeness (QED) is 0.557. The highest BCUT2D eigenvalue weighted by molar-refractivity contribution is 6.07. The summed E-state index contributed by atoms with van der Waals surface area (Å²) in [6.45, 7) is 9.23. The molecule has 2 heteroatoms. The first kappa shape index (κ1) is 12.3. The van der Waals surface area contributed by atoms with Crippen LogP contribution in [-0.4, -0.2) is 5.71 Å². The SMILES string of the molecule is C=CC(C#N)=N/C=C\C.CC. The number of aliphatic imine (C=N–C) groups is 1. The molecule has 0 aliphatic carbocycles. The lowest BCUT2D eigenvalue weighted by molar-refractivity contribution is 1.50. The van der Waals surface area contributed by atoms with E-state index in [-0.39, 0.29) is 0 Å². The van der Waals surface area contributed by atoms with Crippen molar-refractivity contribution in [3.63, 3.8) is 0 Å². The Morgan fingerprint density at radius 1 is 1.55 bits per heavy atom. The third kappa shape index (κ3) is 8.64. The van der Waals surface area contributed by atoms with Crippen LogP contribution in [0.4, 0.5) is 0 Å². The number of rotatable bonds is 2.